The number of aromatic nitrogens is 2. The number of aliphatic hydroxyl groups is 1. The monoisotopic (exact) mass is 449 g/mol. The summed E-state index contributed by atoms with van der Waals surface area (Å²) in [5.41, 5.74) is 3.04. The SMILES string of the molecule is CCCCC(O)CN(Cc1c(-c2ccccc2)nn(C)c1Oc1ccc(OC)cc1)C1CC1. The lowest BCUT2D eigenvalue weighted by Gasteiger charge is -2.25. The Morgan fingerprint density at radius 2 is 1.79 bits per heavy atom. The molecule has 4 rings (SSSR count). The first-order valence-corrected chi connectivity index (χ1v) is 11.9. The Labute approximate surface area is 196 Å². The van der Waals surface area contributed by atoms with Gasteiger partial charge in [0, 0.05) is 31.7 Å². The number of rotatable bonds is 12. The molecule has 1 fully saturated rings. The minimum atomic E-state index is -0.312. The van der Waals surface area contributed by atoms with E-state index in [0.717, 1.165) is 53.5 Å². The van der Waals surface area contributed by atoms with Crippen molar-refractivity contribution >= 4 is 0 Å². The highest BCUT2D eigenvalue weighted by Gasteiger charge is 2.32. The average molecular weight is 450 g/mol. The molecule has 1 atom stereocenters. The Morgan fingerprint density at radius 3 is 2.42 bits per heavy atom. The topological polar surface area (TPSA) is 59.8 Å². The summed E-state index contributed by atoms with van der Waals surface area (Å²) >= 11 is 0. The van der Waals surface area contributed by atoms with Gasteiger partial charge in [0.25, 0.3) is 0 Å². The second kappa shape index (κ2) is 10.9. The molecule has 0 amide bonds. The molecule has 6 nitrogen and oxygen atoms in total. The lowest BCUT2D eigenvalue weighted by Crippen LogP contribution is -2.34. The van der Waals surface area contributed by atoms with Crippen molar-refractivity contribution in [3.63, 3.8) is 0 Å². The summed E-state index contributed by atoms with van der Waals surface area (Å²) in [6, 6.07) is 18.4. The van der Waals surface area contributed by atoms with E-state index in [9.17, 15) is 5.11 Å². The quantitative estimate of drug-likeness (QED) is 0.401. The Hall–Kier alpha value is -2.83. The van der Waals surface area contributed by atoms with Crippen LogP contribution in [0.3, 0.4) is 0 Å². The van der Waals surface area contributed by atoms with Gasteiger partial charge in [0.15, 0.2) is 0 Å². The second-order valence-corrected chi connectivity index (χ2v) is 8.86. The molecule has 0 radical (unpaired) electrons. The molecule has 1 N–H and O–H groups in total. The Kier molecular flexibility index (Phi) is 7.68. The van der Waals surface area contributed by atoms with Crippen LogP contribution >= 0.6 is 0 Å². The molecule has 1 aromatic heterocycles. The molecule has 1 aliphatic rings. The second-order valence-electron chi connectivity index (χ2n) is 8.86. The summed E-state index contributed by atoms with van der Waals surface area (Å²) in [6.45, 7) is 3.53. The van der Waals surface area contributed by atoms with Gasteiger partial charge in [0.2, 0.25) is 5.88 Å². The van der Waals surface area contributed by atoms with Crippen LogP contribution < -0.4 is 9.47 Å². The summed E-state index contributed by atoms with van der Waals surface area (Å²) in [5.74, 6) is 2.26. The molecule has 1 heterocycles. The maximum atomic E-state index is 10.6. The van der Waals surface area contributed by atoms with Crippen LogP contribution in [-0.4, -0.2) is 45.6 Å². The van der Waals surface area contributed by atoms with E-state index in [2.05, 4.69) is 24.0 Å². The first-order chi connectivity index (χ1) is 16.1. The van der Waals surface area contributed by atoms with Crippen LogP contribution in [0.25, 0.3) is 11.3 Å². The van der Waals surface area contributed by atoms with Gasteiger partial charge in [0.05, 0.1) is 18.8 Å². The van der Waals surface area contributed by atoms with E-state index in [4.69, 9.17) is 14.6 Å². The van der Waals surface area contributed by atoms with Crippen molar-refractivity contribution < 1.29 is 14.6 Å². The molecule has 1 saturated carbocycles. The summed E-state index contributed by atoms with van der Waals surface area (Å²) in [6.07, 6.45) is 5.03. The fourth-order valence-corrected chi connectivity index (χ4v) is 4.19. The molecular formula is C27H35N3O3. The highest BCUT2D eigenvalue weighted by atomic mass is 16.5. The van der Waals surface area contributed by atoms with Crippen LogP contribution in [0, 0.1) is 0 Å². The molecule has 3 aromatic rings. The van der Waals surface area contributed by atoms with Gasteiger partial charge in [0.1, 0.15) is 17.2 Å². The third-order valence-electron chi connectivity index (χ3n) is 6.17. The van der Waals surface area contributed by atoms with Gasteiger partial charge in [-0.1, -0.05) is 50.1 Å². The van der Waals surface area contributed by atoms with Crippen molar-refractivity contribution in [3.05, 3.63) is 60.2 Å². The van der Waals surface area contributed by atoms with Gasteiger partial charge < -0.3 is 14.6 Å². The number of ether oxygens (including phenoxy) is 2. The minimum Gasteiger partial charge on any atom is -0.497 e. The zero-order valence-corrected chi connectivity index (χ0v) is 19.9. The number of benzene rings is 2. The predicted octanol–water partition coefficient (Wildman–Crippen LogP) is 5.40. The van der Waals surface area contributed by atoms with Gasteiger partial charge in [-0.25, -0.2) is 4.68 Å². The summed E-state index contributed by atoms with van der Waals surface area (Å²) < 4.78 is 13.5. The maximum absolute atomic E-state index is 10.6. The molecule has 1 unspecified atom stereocenters. The standard InChI is InChI=1S/C27H35N3O3/c1-4-5-11-22(31)18-30(21-12-13-21)19-25-26(20-9-7-6-8-10-20)28-29(2)27(25)33-24-16-14-23(32-3)15-17-24/h6-10,14-17,21-22,31H,4-5,11-13,18-19H2,1-3H3. The van der Waals surface area contributed by atoms with Crippen molar-refractivity contribution in [2.75, 3.05) is 13.7 Å². The largest absolute Gasteiger partial charge is 0.497 e. The molecule has 33 heavy (non-hydrogen) atoms. The van der Waals surface area contributed by atoms with Crippen LogP contribution in [0.1, 0.15) is 44.6 Å². The van der Waals surface area contributed by atoms with E-state index in [1.165, 1.54) is 12.8 Å². The molecule has 6 heteroatoms. The van der Waals surface area contributed by atoms with E-state index < -0.39 is 0 Å². The van der Waals surface area contributed by atoms with Crippen molar-refractivity contribution in [2.24, 2.45) is 7.05 Å². The number of hydrogen-bond donors (Lipinski definition) is 1. The van der Waals surface area contributed by atoms with Crippen LogP contribution in [0.4, 0.5) is 0 Å². The highest BCUT2D eigenvalue weighted by molar-refractivity contribution is 5.65. The zero-order chi connectivity index (χ0) is 23.2. The van der Waals surface area contributed by atoms with Crippen LogP contribution in [-0.2, 0) is 13.6 Å². The van der Waals surface area contributed by atoms with E-state index in [1.807, 2.05) is 54.2 Å². The van der Waals surface area contributed by atoms with Crippen molar-refractivity contribution in [3.8, 4) is 28.6 Å². The smallest absolute Gasteiger partial charge is 0.222 e. The lowest BCUT2D eigenvalue weighted by molar-refractivity contribution is 0.0951. The molecule has 0 aliphatic heterocycles. The van der Waals surface area contributed by atoms with Gasteiger partial charge in [-0.15, -0.1) is 0 Å². The Bertz CT molecular complexity index is 1010. The molecule has 1 aliphatic carbocycles. The maximum Gasteiger partial charge on any atom is 0.222 e. The number of aliphatic hydroxyl groups excluding tert-OH is 1. The van der Waals surface area contributed by atoms with Gasteiger partial charge in [-0.3, -0.25) is 4.90 Å². The molecule has 176 valence electrons. The minimum absolute atomic E-state index is 0.312. The summed E-state index contributed by atoms with van der Waals surface area (Å²) in [5, 5.41) is 15.5. The molecular weight excluding hydrogens is 414 g/mol. The highest BCUT2D eigenvalue weighted by Crippen LogP contribution is 2.37. The Balaban J connectivity index is 1.65. The van der Waals surface area contributed by atoms with Crippen LogP contribution in [0.5, 0.6) is 17.4 Å². The van der Waals surface area contributed by atoms with E-state index in [1.54, 1.807) is 7.11 Å². The predicted molar refractivity (Wildman–Crippen MR) is 131 cm³/mol. The number of nitrogens with zero attached hydrogens (tertiary/aromatic N) is 3. The number of methoxy groups -OCH3 is 1. The molecule has 2 aromatic carbocycles. The van der Waals surface area contributed by atoms with Crippen LogP contribution in [0.15, 0.2) is 54.6 Å². The van der Waals surface area contributed by atoms with Crippen molar-refractivity contribution in [1.82, 2.24) is 14.7 Å². The van der Waals surface area contributed by atoms with Crippen LogP contribution in [0.2, 0.25) is 0 Å². The average Bonchev–Trinajstić information content (AvgIpc) is 3.65. The van der Waals surface area contributed by atoms with Crippen molar-refractivity contribution in [2.45, 2.75) is 57.7 Å². The third kappa shape index (κ3) is 5.95. The fourth-order valence-electron chi connectivity index (χ4n) is 4.19. The van der Waals surface area contributed by atoms with E-state index in [-0.39, 0.29) is 6.10 Å². The van der Waals surface area contributed by atoms with E-state index in [0.29, 0.717) is 19.1 Å². The van der Waals surface area contributed by atoms with Gasteiger partial charge in [-0.2, -0.15) is 5.10 Å². The van der Waals surface area contributed by atoms with Gasteiger partial charge >= 0.3 is 0 Å². The fraction of sp³-hybridized carbons (Fsp3) is 0.444. The normalized spacial score (nSPS) is 14.5. The third-order valence-corrected chi connectivity index (χ3v) is 6.17. The summed E-state index contributed by atoms with van der Waals surface area (Å²) in [7, 11) is 3.58. The van der Waals surface area contributed by atoms with E-state index >= 15 is 0 Å². The number of unbranched alkanes of at least 4 members (excludes halogenated alkanes) is 1. The Morgan fingerprint density at radius 1 is 1.09 bits per heavy atom. The molecule has 0 spiro atoms. The lowest BCUT2D eigenvalue weighted by atomic mass is 10.1. The summed E-state index contributed by atoms with van der Waals surface area (Å²) in [4.78, 5) is 2.41. The molecule has 0 saturated heterocycles. The molecule has 0 bridgehead atoms. The van der Waals surface area contributed by atoms with Crippen molar-refractivity contribution in [1.29, 1.82) is 0 Å². The number of hydrogen-bond acceptors (Lipinski definition) is 5. The van der Waals surface area contributed by atoms with Gasteiger partial charge in [-0.05, 0) is 43.5 Å². The number of aryl methyl sites for hydroxylation is 1. The first-order valence-electron chi connectivity index (χ1n) is 11.9. The zero-order valence-electron chi connectivity index (χ0n) is 19.9. The first kappa shape index (κ1) is 23.3.